The van der Waals surface area contributed by atoms with Crippen molar-refractivity contribution in [3.63, 3.8) is 0 Å². The van der Waals surface area contributed by atoms with Gasteiger partial charge in [-0.25, -0.2) is 4.79 Å². The van der Waals surface area contributed by atoms with Gasteiger partial charge in [0.1, 0.15) is 5.75 Å². The zero-order valence-electron chi connectivity index (χ0n) is 13.3. The summed E-state index contributed by atoms with van der Waals surface area (Å²) in [6.07, 6.45) is 2.11. The number of carbonyl (C=O) groups is 1. The molecule has 0 saturated heterocycles. The van der Waals surface area contributed by atoms with E-state index in [-0.39, 0.29) is 6.10 Å². The summed E-state index contributed by atoms with van der Waals surface area (Å²) < 4.78 is 5.87. The Hall–Kier alpha value is -2.09. The number of hydrogen-bond acceptors (Lipinski definition) is 6. The van der Waals surface area contributed by atoms with Crippen molar-refractivity contribution in [2.45, 2.75) is 31.9 Å². The standard InChI is InChI=1S/C15H20N4O3S/c1-4-12(22-11-8-6-5-7-9-11)13-16-18-19(17-13)15(2,10-23-3)14(20)21/h5-9,12H,4,10H2,1-3H3,(H,20,21). The number of rotatable bonds is 8. The van der Waals surface area contributed by atoms with Crippen LogP contribution in [0, 0.1) is 0 Å². The zero-order valence-corrected chi connectivity index (χ0v) is 14.2. The van der Waals surface area contributed by atoms with Crippen molar-refractivity contribution in [3.8, 4) is 5.75 Å². The number of para-hydroxylation sites is 1. The molecule has 0 aliphatic heterocycles. The summed E-state index contributed by atoms with van der Waals surface area (Å²) in [7, 11) is 0. The molecule has 0 aliphatic rings. The van der Waals surface area contributed by atoms with Gasteiger partial charge < -0.3 is 9.84 Å². The van der Waals surface area contributed by atoms with Gasteiger partial charge in [-0.15, -0.1) is 15.0 Å². The van der Waals surface area contributed by atoms with Crippen molar-refractivity contribution in [2.24, 2.45) is 0 Å². The molecular weight excluding hydrogens is 316 g/mol. The molecule has 2 atom stereocenters. The summed E-state index contributed by atoms with van der Waals surface area (Å²) in [5.41, 5.74) is -1.24. The second-order valence-electron chi connectivity index (χ2n) is 5.28. The van der Waals surface area contributed by atoms with E-state index in [4.69, 9.17) is 4.74 Å². The highest BCUT2D eigenvalue weighted by atomic mass is 32.2. The minimum atomic E-state index is -1.24. The molecule has 0 radical (unpaired) electrons. The van der Waals surface area contributed by atoms with Crippen LogP contribution in [0.1, 0.15) is 32.2 Å². The first-order valence-electron chi connectivity index (χ1n) is 7.25. The monoisotopic (exact) mass is 336 g/mol. The Morgan fingerprint density at radius 1 is 1.43 bits per heavy atom. The molecule has 1 heterocycles. The minimum absolute atomic E-state index is 0.342. The van der Waals surface area contributed by atoms with Gasteiger partial charge in [-0.1, -0.05) is 25.1 Å². The minimum Gasteiger partial charge on any atom is -0.482 e. The van der Waals surface area contributed by atoms with Crippen molar-refractivity contribution in [2.75, 3.05) is 12.0 Å². The Bertz CT molecular complexity index is 649. The quantitative estimate of drug-likeness (QED) is 0.791. The fourth-order valence-corrected chi connectivity index (χ4v) is 2.83. The summed E-state index contributed by atoms with van der Waals surface area (Å²) in [4.78, 5) is 12.7. The maximum Gasteiger partial charge on any atom is 0.334 e. The first-order valence-corrected chi connectivity index (χ1v) is 8.65. The van der Waals surface area contributed by atoms with E-state index in [0.717, 1.165) is 4.80 Å². The van der Waals surface area contributed by atoms with Crippen LogP contribution in [0.15, 0.2) is 30.3 Å². The number of aromatic nitrogens is 4. The van der Waals surface area contributed by atoms with Crippen molar-refractivity contribution < 1.29 is 14.6 Å². The fraction of sp³-hybridized carbons (Fsp3) is 0.467. The molecule has 2 unspecified atom stereocenters. The summed E-state index contributed by atoms with van der Waals surface area (Å²) in [5, 5.41) is 21.7. The van der Waals surface area contributed by atoms with Gasteiger partial charge in [0, 0.05) is 5.75 Å². The average Bonchev–Trinajstić information content (AvgIpc) is 3.04. The van der Waals surface area contributed by atoms with Crippen LogP contribution in [0.5, 0.6) is 5.75 Å². The van der Waals surface area contributed by atoms with Gasteiger partial charge in [0.15, 0.2) is 11.6 Å². The molecule has 8 heteroatoms. The predicted octanol–water partition coefficient (Wildman–Crippen LogP) is 2.37. The third kappa shape index (κ3) is 3.82. The Morgan fingerprint density at radius 3 is 2.70 bits per heavy atom. The molecular formula is C15H20N4O3S. The molecule has 1 aromatic heterocycles. The maximum absolute atomic E-state index is 11.6. The third-order valence-corrected chi connectivity index (χ3v) is 4.29. The second kappa shape index (κ2) is 7.45. The Morgan fingerprint density at radius 2 is 2.13 bits per heavy atom. The number of nitrogens with zero attached hydrogens (tertiary/aromatic N) is 4. The summed E-state index contributed by atoms with van der Waals surface area (Å²) in [5.74, 6) is 0.438. The smallest absolute Gasteiger partial charge is 0.334 e. The van der Waals surface area contributed by atoms with Gasteiger partial charge in [-0.05, 0) is 36.9 Å². The van der Waals surface area contributed by atoms with E-state index in [0.29, 0.717) is 23.7 Å². The Kier molecular flexibility index (Phi) is 5.59. The topological polar surface area (TPSA) is 90.1 Å². The number of carboxylic acid groups (broad SMARTS) is 1. The largest absolute Gasteiger partial charge is 0.482 e. The lowest BCUT2D eigenvalue weighted by atomic mass is 10.1. The summed E-state index contributed by atoms with van der Waals surface area (Å²) >= 11 is 1.42. The third-order valence-electron chi connectivity index (χ3n) is 3.44. The highest BCUT2D eigenvalue weighted by Gasteiger charge is 2.38. The van der Waals surface area contributed by atoms with Crippen LogP contribution in [0.2, 0.25) is 0 Å². The average molecular weight is 336 g/mol. The fourth-order valence-electron chi connectivity index (χ4n) is 2.03. The number of ether oxygens (including phenoxy) is 1. The lowest BCUT2D eigenvalue weighted by molar-refractivity contribution is -0.146. The molecule has 0 aliphatic carbocycles. The zero-order chi connectivity index (χ0) is 16.9. The highest BCUT2D eigenvalue weighted by Crippen LogP contribution is 2.24. The van der Waals surface area contributed by atoms with Gasteiger partial charge in [0.05, 0.1) is 0 Å². The van der Waals surface area contributed by atoms with Crippen molar-refractivity contribution in [1.82, 2.24) is 20.2 Å². The van der Waals surface area contributed by atoms with Crippen molar-refractivity contribution in [3.05, 3.63) is 36.2 Å². The van der Waals surface area contributed by atoms with Gasteiger partial charge in [0.2, 0.25) is 5.82 Å². The summed E-state index contributed by atoms with van der Waals surface area (Å²) in [6.45, 7) is 3.53. The van der Waals surface area contributed by atoms with Gasteiger partial charge in [0.25, 0.3) is 0 Å². The molecule has 0 amide bonds. The molecule has 7 nitrogen and oxygen atoms in total. The Balaban J connectivity index is 2.23. The van der Waals surface area contributed by atoms with Gasteiger partial charge in [-0.3, -0.25) is 0 Å². The van der Waals surface area contributed by atoms with E-state index in [1.165, 1.54) is 11.8 Å². The number of aliphatic carboxylic acids is 1. The second-order valence-corrected chi connectivity index (χ2v) is 6.14. The van der Waals surface area contributed by atoms with Crippen LogP contribution in [-0.2, 0) is 10.3 Å². The highest BCUT2D eigenvalue weighted by molar-refractivity contribution is 7.98. The molecule has 2 rings (SSSR count). The molecule has 124 valence electrons. The molecule has 1 N–H and O–H groups in total. The van der Waals surface area contributed by atoms with Crippen LogP contribution in [0.4, 0.5) is 0 Å². The van der Waals surface area contributed by atoms with E-state index >= 15 is 0 Å². The van der Waals surface area contributed by atoms with E-state index in [1.54, 1.807) is 6.92 Å². The lowest BCUT2D eigenvalue weighted by Gasteiger charge is -2.21. The molecule has 23 heavy (non-hydrogen) atoms. The maximum atomic E-state index is 11.6. The number of benzene rings is 1. The molecule has 0 bridgehead atoms. The van der Waals surface area contributed by atoms with Gasteiger partial charge >= 0.3 is 5.97 Å². The van der Waals surface area contributed by atoms with E-state index in [1.807, 2.05) is 43.5 Å². The number of carboxylic acids is 1. The van der Waals surface area contributed by atoms with E-state index in [2.05, 4.69) is 15.4 Å². The lowest BCUT2D eigenvalue weighted by Crippen LogP contribution is -2.43. The first-order chi connectivity index (χ1) is 11.0. The SMILES string of the molecule is CCC(Oc1ccccc1)c1nnn(C(C)(CSC)C(=O)O)n1. The molecule has 0 fully saturated rings. The number of tetrazole rings is 1. The van der Waals surface area contributed by atoms with E-state index < -0.39 is 11.5 Å². The molecule has 0 spiro atoms. The Labute approximate surface area is 139 Å². The predicted molar refractivity (Wildman–Crippen MR) is 87.6 cm³/mol. The molecule has 0 saturated carbocycles. The van der Waals surface area contributed by atoms with Crippen LogP contribution in [0.3, 0.4) is 0 Å². The molecule has 1 aromatic carbocycles. The normalized spacial score (nSPS) is 14.9. The first kappa shape index (κ1) is 17.3. The number of hydrogen-bond donors (Lipinski definition) is 1. The van der Waals surface area contributed by atoms with E-state index in [9.17, 15) is 9.90 Å². The van der Waals surface area contributed by atoms with Crippen molar-refractivity contribution >= 4 is 17.7 Å². The van der Waals surface area contributed by atoms with Crippen LogP contribution in [-0.4, -0.2) is 43.3 Å². The van der Waals surface area contributed by atoms with Crippen molar-refractivity contribution in [1.29, 1.82) is 0 Å². The van der Waals surface area contributed by atoms with Gasteiger partial charge in [-0.2, -0.15) is 11.8 Å². The molecule has 2 aromatic rings. The number of thioether (sulfide) groups is 1. The van der Waals surface area contributed by atoms with Crippen LogP contribution in [0.25, 0.3) is 0 Å². The van der Waals surface area contributed by atoms with Crippen LogP contribution < -0.4 is 4.74 Å². The van der Waals surface area contributed by atoms with Crippen LogP contribution >= 0.6 is 11.8 Å². The summed E-state index contributed by atoms with van der Waals surface area (Å²) in [6, 6.07) is 9.37.